The summed E-state index contributed by atoms with van der Waals surface area (Å²) in [6.07, 6.45) is 1.82. The van der Waals surface area contributed by atoms with Crippen molar-refractivity contribution in [2.75, 3.05) is 0 Å². The lowest BCUT2D eigenvalue weighted by Crippen LogP contribution is -1.96. The highest BCUT2D eigenvalue weighted by molar-refractivity contribution is 5.88. The molecule has 0 heterocycles. The van der Waals surface area contributed by atoms with Crippen molar-refractivity contribution < 1.29 is 19.8 Å². The monoisotopic (exact) mass is 316 g/mol. The van der Waals surface area contributed by atoms with E-state index in [1.807, 2.05) is 32.0 Å². The van der Waals surface area contributed by atoms with Gasteiger partial charge in [0.1, 0.15) is 0 Å². The van der Waals surface area contributed by atoms with Gasteiger partial charge in [0.15, 0.2) is 0 Å². The average molecular weight is 316 g/mol. The number of aromatic carboxylic acids is 2. The Balaban J connectivity index is 0.000000403. The predicted octanol–water partition coefficient (Wildman–Crippen LogP) is 4.53. The molecule has 0 unspecified atom stereocenters. The first kappa shape index (κ1) is 20.4. The van der Waals surface area contributed by atoms with Crippen LogP contribution in [-0.2, 0) is 12.8 Å². The number of hydrogen-bond donors (Lipinski definition) is 2. The number of carboxylic acid groups (broad SMARTS) is 2. The molecule has 0 bridgehead atoms. The summed E-state index contributed by atoms with van der Waals surface area (Å²) in [5, 5.41) is 17.2. The molecular formula is C19H24O4. The molecule has 23 heavy (non-hydrogen) atoms. The largest absolute Gasteiger partial charge is 0.478 e. The maximum Gasteiger partial charge on any atom is 0.335 e. The van der Waals surface area contributed by atoms with E-state index in [9.17, 15) is 9.59 Å². The maximum atomic E-state index is 10.5. The molecule has 0 spiro atoms. The van der Waals surface area contributed by atoms with Crippen LogP contribution < -0.4 is 0 Å². The predicted molar refractivity (Wildman–Crippen MR) is 92.3 cm³/mol. The van der Waals surface area contributed by atoms with Gasteiger partial charge in [-0.2, -0.15) is 0 Å². The van der Waals surface area contributed by atoms with E-state index in [0.717, 1.165) is 24.0 Å². The zero-order valence-corrected chi connectivity index (χ0v) is 12.7. The van der Waals surface area contributed by atoms with Crippen LogP contribution in [0, 0.1) is 0 Å². The molecule has 0 saturated carbocycles. The molecule has 0 amide bonds. The number of benzene rings is 2. The lowest BCUT2D eigenvalue weighted by molar-refractivity contribution is 0.0686. The van der Waals surface area contributed by atoms with Gasteiger partial charge in [-0.25, -0.2) is 9.59 Å². The minimum absolute atomic E-state index is 0. The average Bonchev–Trinajstić information content (AvgIpc) is 2.55. The van der Waals surface area contributed by atoms with E-state index >= 15 is 0 Å². The highest BCUT2D eigenvalue weighted by Gasteiger charge is 2.01. The fraction of sp³-hybridized carbons (Fsp3) is 0.263. The standard InChI is InChI=1S/2C9H10O2.CH4/c1-2-7-3-5-8(6-4-7)9(10)11;1-2-7-4-3-5-8(6-7)9(10)11;/h2*3-6H,2H2,1H3,(H,10,11);1H4. The van der Waals surface area contributed by atoms with Crippen LogP contribution in [0.15, 0.2) is 48.5 Å². The molecule has 4 heteroatoms. The minimum atomic E-state index is -0.868. The Morgan fingerprint density at radius 1 is 0.783 bits per heavy atom. The van der Waals surface area contributed by atoms with Crippen LogP contribution in [0.5, 0.6) is 0 Å². The summed E-state index contributed by atoms with van der Waals surface area (Å²) in [6, 6.07) is 13.9. The van der Waals surface area contributed by atoms with Gasteiger partial charge in [-0.1, -0.05) is 45.5 Å². The molecule has 0 fully saturated rings. The first-order valence-electron chi connectivity index (χ1n) is 7.12. The van der Waals surface area contributed by atoms with Gasteiger partial charge in [0, 0.05) is 0 Å². The Hall–Kier alpha value is -2.62. The number of aryl methyl sites for hydroxylation is 2. The van der Waals surface area contributed by atoms with E-state index in [0.29, 0.717) is 11.1 Å². The molecule has 2 rings (SSSR count). The van der Waals surface area contributed by atoms with Crippen LogP contribution in [0.4, 0.5) is 0 Å². The Labute approximate surface area is 137 Å². The topological polar surface area (TPSA) is 74.6 Å². The Morgan fingerprint density at radius 2 is 1.30 bits per heavy atom. The molecule has 2 N–H and O–H groups in total. The van der Waals surface area contributed by atoms with Crippen molar-refractivity contribution in [1.82, 2.24) is 0 Å². The van der Waals surface area contributed by atoms with Gasteiger partial charge in [-0.05, 0) is 48.2 Å². The summed E-state index contributed by atoms with van der Waals surface area (Å²) < 4.78 is 0. The molecule has 0 aliphatic rings. The summed E-state index contributed by atoms with van der Waals surface area (Å²) in [6.45, 7) is 4.04. The maximum absolute atomic E-state index is 10.5. The summed E-state index contributed by atoms with van der Waals surface area (Å²) in [7, 11) is 0. The summed E-state index contributed by atoms with van der Waals surface area (Å²) >= 11 is 0. The van der Waals surface area contributed by atoms with Crippen molar-refractivity contribution in [2.45, 2.75) is 34.1 Å². The lowest BCUT2D eigenvalue weighted by atomic mass is 10.1. The number of carboxylic acids is 2. The lowest BCUT2D eigenvalue weighted by Gasteiger charge is -1.97. The highest BCUT2D eigenvalue weighted by atomic mass is 16.4. The van der Waals surface area contributed by atoms with Crippen molar-refractivity contribution in [3.8, 4) is 0 Å². The second-order valence-electron chi connectivity index (χ2n) is 4.71. The highest BCUT2D eigenvalue weighted by Crippen LogP contribution is 2.05. The second kappa shape index (κ2) is 10.2. The number of hydrogen-bond acceptors (Lipinski definition) is 2. The van der Waals surface area contributed by atoms with Crippen molar-refractivity contribution in [1.29, 1.82) is 0 Å². The number of rotatable bonds is 4. The Morgan fingerprint density at radius 3 is 1.74 bits per heavy atom. The number of carbonyl (C=O) groups is 2. The third-order valence-corrected chi connectivity index (χ3v) is 3.19. The van der Waals surface area contributed by atoms with Crippen LogP contribution in [0.1, 0.15) is 53.1 Å². The van der Waals surface area contributed by atoms with E-state index in [-0.39, 0.29) is 7.43 Å². The van der Waals surface area contributed by atoms with E-state index in [2.05, 4.69) is 0 Å². The van der Waals surface area contributed by atoms with Gasteiger partial charge < -0.3 is 10.2 Å². The van der Waals surface area contributed by atoms with Gasteiger partial charge in [-0.15, -0.1) is 0 Å². The summed E-state index contributed by atoms with van der Waals surface area (Å²) in [5.74, 6) is -1.73. The third kappa shape index (κ3) is 6.78. The Kier molecular flexibility index (Phi) is 9.01. The molecule has 0 atom stereocenters. The van der Waals surface area contributed by atoms with Gasteiger partial charge >= 0.3 is 11.9 Å². The minimum Gasteiger partial charge on any atom is -0.478 e. The molecule has 0 aromatic heterocycles. The quantitative estimate of drug-likeness (QED) is 0.869. The molecule has 2 aromatic rings. The van der Waals surface area contributed by atoms with Crippen molar-refractivity contribution >= 4 is 11.9 Å². The summed E-state index contributed by atoms with van der Waals surface area (Å²) in [4.78, 5) is 20.9. The van der Waals surface area contributed by atoms with Gasteiger partial charge in [0.25, 0.3) is 0 Å². The summed E-state index contributed by atoms with van der Waals surface area (Å²) in [5.41, 5.74) is 2.94. The molecule has 0 aliphatic carbocycles. The Bertz CT molecular complexity index is 630. The van der Waals surface area contributed by atoms with E-state index < -0.39 is 11.9 Å². The van der Waals surface area contributed by atoms with Crippen LogP contribution in [-0.4, -0.2) is 22.2 Å². The molecular weight excluding hydrogens is 292 g/mol. The van der Waals surface area contributed by atoms with Crippen LogP contribution >= 0.6 is 0 Å². The first-order valence-corrected chi connectivity index (χ1v) is 7.12. The van der Waals surface area contributed by atoms with Crippen LogP contribution in [0.25, 0.3) is 0 Å². The smallest absolute Gasteiger partial charge is 0.335 e. The molecule has 0 saturated heterocycles. The molecule has 4 nitrogen and oxygen atoms in total. The molecule has 0 aliphatic heterocycles. The second-order valence-corrected chi connectivity index (χ2v) is 4.71. The zero-order valence-electron chi connectivity index (χ0n) is 12.7. The van der Waals surface area contributed by atoms with Crippen molar-refractivity contribution in [2.24, 2.45) is 0 Å². The first-order chi connectivity index (χ1) is 10.5. The van der Waals surface area contributed by atoms with Gasteiger partial charge in [-0.3, -0.25) is 0 Å². The van der Waals surface area contributed by atoms with Crippen molar-refractivity contribution in [3.05, 3.63) is 70.8 Å². The SMILES string of the molecule is C.CCc1ccc(C(=O)O)cc1.CCc1cccc(C(=O)O)c1. The van der Waals surface area contributed by atoms with Crippen LogP contribution in [0.3, 0.4) is 0 Å². The van der Waals surface area contributed by atoms with E-state index in [1.165, 1.54) is 0 Å². The molecule has 0 radical (unpaired) electrons. The fourth-order valence-electron chi connectivity index (χ4n) is 1.81. The van der Waals surface area contributed by atoms with Gasteiger partial charge in [0.2, 0.25) is 0 Å². The van der Waals surface area contributed by atoms with Crippen LogP contribution in [0.2, 0.25) is 0 Å². The van der Waals surface area contributed by atoms with Crippen molar-refractivity contribution in [3.63, 3.8) is 0 Å². The normalized spacial score (nSPS) is 9.13. The van der Waals surface area contributed by atoms with Gasteiger partial charge in [0.05, 0.1) is 11.1 Å². The third-order valence-electron chi connectivity index (χ3n) is 3.19. The fourth-order valence-corrected chi connectivity index (χ4v) is 1.81. The zero-order chi connectivity index (χ0) is 16.5. The molecule has 2 aromatic carbocycles. The van der Waals surface area contributed by atoms with E-state index in [1.54, 1.807) is 30.3 Å². The van der Waals surface area contributed by atoms with E-state index in [4.69, 9.17) is 10.2 Å². The molecule has 124 valence electrons.